The molecule has 0 bridgehead atoms. The van der Waals surface area contributed by atoms with Gasteiger partial charge in [0, 0.05) is 18.7 Å². The summed E-state index contributed by atoms with van der Waals surface area (Å²) < 4.78 is 0. The van der Waals surface area contributed by atoms with E-state index in [4.69, 9.17) is 5.73 Å². The average molecular weight is 234 g/mol. The number of hydrogen-bond donors (Lipinski definition) is 1. The molecule has 17 heavy (non-hydrogen) atoms. The quantitative estimate of drug-likeness (QED) is 0.850. The summed E-state index contributed by atoms with van der Waals surface area (Å²) in [4.78, 5) is 14.0. The van der Waals surface area contributed by atoms with Gasteiger partial charge in [0.15, 0.2) is 0 Å². The molecule has 3 heteroatoms. The molecular formula is C14H22N2O. The van der Waals surface area contributed by atoms with Crippen LogP contribution in [0.15, 0.2) is 24.3 Å². The maximum Gasteiger partial charge on any atom is 0.227 e. The average Bonchev–Trinajstić information content (AvgIpc) is 2.32. The van der Waals surface area contributed by atoms with Gasteiger partial charge in [-0.3, -0.25) is 4.79 Å². The molecule has 0 aliphatic carbocycles. The molecule has 0 fully saturated rings. The van der Waals surface area contributed by atoms with Gasteiger partial charge < -0.3 is 10.6 Å². The number of carbonyl (C=O) groups excluding carboxylic acids is 1. The van der Waals surface area contributed by atoms with Crippen LogP contribution in [0.25, 0.3) is 0 Å². The highest BCUT2D eigenvalue weighted by Gasteiger charge is 2.17. The Hall–Kier alpha value is -1.35. The first-order valence-electron chi connectivity index (χ1n) is 6.16. The molecule has 3 nitrogen and oxygen atoms in total. The fraction of sp³-hybridized carbons (Fsp3) is 0.500. The maximum atomic E-state index is 12.2. The Morgan fingerprint density at radius 2 is 2.06 bits per heavy atom. The topological polar surface area (TPSA) is 46.3 Å². The van der Waals surface area contributed by atoms with Crippen molar-refractivity contribution in [3.63, 3.8) is 0 Å². The van der Waals surface area contributed by atoms with E-state index in [9.17, 15) is 4.79 Å². The lowest BCUT2D eigenvalue weighted by atomic mass is 10.1. The molecule has 1 aromatic carbocycles. The van der Waals surface area contributed by atoms with Crippen LogP contribution in [0.4, 0.5) is 5.69 Å². The number of nitrogens with zero attached hydrogens (tertiary/aromatic N) is 1. The van der Waals surface area contributed by atoms with E-state index < -0.39 is 0 Å². The summed E-state index contributed by atoms with van der Waals surface area (Å²) in [5.41, 5.74) is 7.69. The second-order valence-electron chi connectivity index (χ2n) is 4.47. The van der Waals surface area contributed by atoms with Crippen LogP contribution < -0.4 is 10.6 Å². The number of carbonyl (C=O) groups is 1. The van der Waals surface area contributed by atoms with Gasteiger partial charge in [-0.25, -0.2) is 0 Å². The van der Waals surface area contributed by atoms with Gasteiger partial charge in [-0.15, -0.1) is 0 Å². The molecule has 0 aliphatic heterocycles. The minimum atomic E-state index is 0.153. The van der Waals surface area contributed by atoms with Crippen molar-refractivity contribution in [3.8, 4) is 0 Å². The molecule has 0 saturated carbocycles. The van der Waals surface area contributed by atoms with E-state index in [-0.39, 0.29) is 11.8 Å². The number of aryl methyl sites for hydroxylation is 1. The largest absolute Gasteiger partial charge is 0.330 e. The highest BCUT2D eigenvalue weighted by Crippen LogP contribution is 2.20. The van der Waals surface area contributed by atoms with Crippen LogP contribution in [0.5, 0.6) is 0 Å². The van der Waals surface area contributed by atoms with E-state index in [1.165, 1.54) is 0 Å². The third kappa shape index (κ3) is 3.56. The molecule has 94 valence electrons. The third-order valence-electron chi connectivity index (χ3n) is 2.95. The number of amides is 1. The fourth-order valence-electron chi connectivity index (χ4n) is 1.84. The first-order chi connectivity index (χ1) is 8.10. The van der Waals surface area contributed by atoms with Crippen LogP contribution in [0.3, 0.4) is 0 Å². The molecule has 2 N–H and O–H groups in total. The predicted molar refractivity (Wildman–Crippen MR) is 72.0 cm³/mol. The fourth-order valence-corrected chi connectivity index (χ4v) is 1.84. The zero-order valence-corrected chi connectivity index (χ0v) is 10.9. The van der Waals surface area contributed by atoms with Gasteiger partial charge in [0.05, 0.1) is 0 Å². The summed E-state index contributed by atoms with van der Waals surface area (Å²) in [6.45, 7) is 7.27. The Morgan fingerprint density at radius 1 is 1.41 bits per heavy atom. The maximum absolute atomic E-state index is 12.2. The summed E-state index contributed by atoms with van der Waals surface area (Å²) in [6.07, 6.45) is 0.513. The molecule has 0 heterocycles. The second-order valence-corrected chi connectivity index (χ2v) is 4.47. The van der Waals surface area contributed by atoms with Gasteiger partial charge in [0.2, 0.25) is 5.91 Å². The number of nitrogens with two attached hydrogens (primary N) is 1. The van der Waals surface area contributed by atoms with Crippen molar-refractivity contribution >= 4 is 11.6 Å². The number of para-hydroxylation sites is 1. The van der Waals surface area contributed by atoms with Crippen LogP contribution in [0.2, 0.25) is 0 Å². The molecule has 1 unspecified atom stereocenters. The van der Waals surface area contributed by atoms with Crippen LogP contribution in [0, 0.1) is 12.8 Å². The Balaban J connectivity index is 2.85. The van der Waals surface area contributed by atoms with E-state index in [1.807, 2.05) is 49.9 Å². The van der Waals surface area contributed by atoms with Crippen LogP contribution >= 0.6 is 0 Å². The van der Waals surface area contributed by atoms with Crippen LogP contribution in [0.1, 0.15) is 25.8 Å². The van der Waals surface area contributed by atoms with E-state index in [2.05, 4.69) is 0 Å². The third-order valence-corrected chi connectivity index (χ3v) is 2.95. The summed E-state index contributed by atoms with van der Waals surface area (Å²) in [5, 5.41) is 0. The van der Waals surface area contributed by atoms with Crippen molar-refractivity contribution in [2.24, 2.45) is 11.7 Å². The van der Waals surface area contributed by atoms with Crippen molar-refractivity contribution in [2.45, 2.75) is 27.2 Å². The van der Waals surface area contributed by atoms with E-state index in [0.717, 1.165) is 11.3 Å². The first kappa shape index (κ1) is 13.7. The predicted octanol–water partition coefficient (Wildman–Crippen LogP) is 2.33. The lowest BCUT2D eigenvalue weighted by Crippen LogP contribution is -2.33. The standard InChI is InChI=1S/C14H22N2O/c1-4-16(14(17)9-11(2)10-15)13-8-6-5-7-12(13)3/h5-8,11H,4,9-10,15H2,1-3H3. The molecule has 0 spiro atoms. The van der Waals surface area contributed by atoms with Crippen molar-refractivity contribution < 1.29 is 4.79 Å². The lowest BCUT2D eigenvalue weighted by Gasteiger charge is -2.24. The summed E-state index contributed by atoms with van der Waals surface area (Å²) in [7, 11) is 0. The minimum Gasteiger partial charge on any atom is -0.330 e. The van der Waals surface area contributed by atoms with Gasteiger partial charge in [-0.2, -0.15) is 0 Å². The number of anilines is 1. The summed E-state index contributed by atoms with van der Waals surface area (Å²) in [6, 6.07) is 7.96. The van der Waals surface area contributed by atoms with Crippen molar-refractivity contribution in [1.82, 2.24) is 0 Å². The zero-order valence-electron chi connectivity index (χ0n) is 10.9. The lowest BCUT2D eigenvalue weighted by molar-refractivity contribution is -0.119. The van der Waals surface area contributed by atoms with E-state index in [0.29, 0.717) is 19.5 Å². The van der Waals surface area contributed by atoms with Crippen molar-refractivity contribution in [2.75, 3.05) is 18.0 Å². The molecule has 1 rings (SSSR count). The van der Waals surface area contributed by atoms with E-state index in [1.54, 1.807) is 0 Å². The molecule has 0 aromatic heterocycles. The zero-order chi connectivity index (χ0) is 12.8. The Morgan fingerprint density at radius 3 is 2.59 bits per heavy atom. The Labute approximate surface area is 104 Å². The minimum absolute atomic E-state index is 0.153. The molecule has 0 radical (unpaired) electrons. The molecule has 1 atom stereocenters. The highest BCUT2D eigenvalue weighted by molar-refractivity contribution is 5.94. The molecule has 1 amide bonds. The van der Waals surface area contributed by atoms with Crippen molar-refractivity contribution in [1.29, 1.82) is 0 Å². The molecule has 0 aliphatic rings. The smallest absolute Gasteiger partial charge is 0.227 e. The van der Waals surface area contributed by atoms with Gasteiger partial charge in [0.25, 0.3) is 0 Å². The normalized spacial score (nSPS) is 12.2. The number of hydrogen-bond acceptors (Lipinski definition) is 2. The number of rotatable bonds is 5. The second kappa shape index (κ2) is 6.40. The monoisotopic (exact) mass is 234 g/mol. The van der Waals surface area contributed by atoms with Gasteiger partial charge in [-0.05, 0) is 37.9 Å². The van der Waals surface area contributed by atoms with E-state index >= 15 is 0 Å². The molecule has 1 aromatic rings. The summed E-state index contributed by atoms with van der Waals surface area (Å²) >= 11 is 0. The first-order valence-corrected chi connectivity index (χ1v) is 6.16. The summed E-state index contributed by atoms with van der Waals surface area (Å²) in [5.74, 6) is 0.389. The van der Waals surface area contributed by atoms with Gasteiger partial charge in [0.1, 0.15) is 0 Å². The van der Waals surface area contributed by atoms with Crippen LogP contribution in [-0.4, -0.2) is 19.0 Å². The Kier molecular flexibility index (Phi) is 5.16. The van der Waals surface area contributed by atoms with Gasteiger partial charge >= 0.3 is 0 Å². The Bertz CT molecular complexity index is 376. The van der Waals surface area contributed by atoms with Crippen LogP contribution in [-0.2, 0) is 4.79 Å². The highest BCUT2D eigenvalue weighted by atomic mass is 16.2. The molecular weight excluding hydrogens is 212 g/mol. The SMILES string of the molecule is CCN(C(=O)CC(C)CN)c1ccccc1C. The number of benzene rings is 1. The van der Waals surface area contributed by atoms with Crippen molar-refractivity contribution in [3.05, 3.63) is 29.8 Å². The molecule has 0 saturated heterocycles. The van der Waals surface area contributed by atoms with Gasteiger partial charge in [-0.1, -0.05) is 25.1 Å².